The van der Waals surface area contributed by atoms with Crippen molar-refractivity contribution in [2.45, 2.75) is 11.3 Å². The number of pyridine rings is 1. The Labute approximate surface area is 165 Å². The van der Waals surface area contributed by atoms with Crippen LogP contribution < -0.4 is 5.32 Å². The van der Waals surface area contributed by atoms with Crippen molar-refractivity contribution in [3.8, 4) is 0 Å². The Morgan fingerprint density at radius 2 is 1.65 bits per heavy atom. The molecule has 0 saturated carbocycles. The Morgan fingerprint density at radius 3 is 2.50 bits per heavy atom. The second-order valence-electron chi connectivity index (χ2n) is 6.00. The molecular formula is C18H21Cl2N3O2S. The van der Waals surface area contributed by atoms with Crippen LogP contribution in [0.15, 0.2) is 53.6 Å². The van der Waals surface area contributed by atoms with Crippen LogP contribution >= 0.6 is 24.8 Å². The van der Waals surface area contributed by atoms with Gasteiger partial charge in [-0.15, -0.1) is 24.8 Å². The molecular weight excluding hydrogens is 393 g/mol. The van der Waals surface area contributed by atoms with Gasteiger partial charge in [-0.05, 0) is 30.5 Å². The maximum Gasteiger partial charge on any atom is 0.243 e. The fraction of sp³-hybridized carbons (Fsp3) is 0.278. The summed E-state index contributed by atoms with van der Waals surface area (Å²) >= 11 is 0. The lowest BCUT2D eigenvalue weighted by Gasteiger charge is -2.20. The molecule has 0 radical (unpaired) electrons. The number of nitrogens with one attached hydrogen (secondary N) is 1. The summed E-state index contributed by atoms with van der Waals surface area (Å²) in [6.45, 7) is 2.59. The molecule has 1 saturated heterocycles. The van der Waals surface area contributed by atoms with Crippen molar-refractivity contribution in [2.75, 3.05) is 26.2 Å². The number of hydrogen-bond donors (Lipinski definition) is 1. The normalized spacial score (nSPS) is 15.8. The summed E-state index contributed by atoms with van der Waals surface area (Å²) in [6, 6.07) is 13.3. The fourth-order valence-corrected chi connectivity index (χ4v) is 4.96. The smallest absolute Gasteiger partial charge is 0.243 e. The van der Waals surface area contributed by atoms with Gasteiger partial charge in [-0.25, -0.2) is 8.42 Å². The molecule has 0 amide bonds. The molecule has 1 fully saturated rings. The third-order valence-corrected chi connectivity index (χ3v) is 6.47. The Morgan fingerprint density at radius 1 is 0.885 bits per heavy atom. The van der Waals surface area contributed by atoms with Crippen LogP contribution in [0.3, 0.4) is 0 Å². The van der Waals surface area contributed by atoms with Gasteiger partial charge in [0.1, 0.15) is 0 Å². The van der Waals surface area contributed by atoms with Crippen LogP contribution in [0.2, 0.25) is 0 Å². The van der Waals surface area contributed by atoms with Gasteiger partial charge in [-0.1, -0.05) is 30.3 Å². The van der Waals surface area contributed by atoms with E-state index in [-0.39, 0.29) is 24.8 Å². The third-order valence-electron chi connectivity index (χ3n) is 4.51. The van der Waals surface area contributed by atoms with E-state index in [4.69, 9.17) is 0 Å². The molecule has 4 rings (SSSR count). The maximum atomic E-state index is 13.2. The summed E-state index contributed by atoms with van der Waals surface area (Å²) in [5, 5.41) is 5.83. The first-order chi connectivity index (χ1) is 11.7. The maximum absolute atomic E-state index is 13.2. The van der Waals surface area contributed by atoms with Crippen LogP contribution in [0.25, 0.3) is 21.7 Å². The van der Waals surface area contributed by atoms with Crippen molar-refractivity contribution in [3.05, 3.63) is 48.7 Å². The van der Waals surface area contributed by atoms with E-state index in [0.717, 1.165) is 29.3 Å². The molecule has 1 N–H and O–H groups in total. The second kappa shape index (κ2) is 8.50. The highest BCUT2D eigenvalue weighted by Gasteiger charge is 2.27. The monoisotopic (exact) mass is 413 g/mol. The molecule has 2 heterocycles. The van der Waals surface area contributed by atoms with Crippen molar-refractivity contribution in [1.82, 2.24) is 14.6 Å². The Hall–Kier alpha value is -1.44. The summed E-state index contributed by atoms with van der Waals surface area (Å²) < 4.78 is 27.9. The zero-order valence-corrected chi connectivity index (χ0v) is 16.5. The summed E-state index contributed by atoms with van der Waals surface area (Å²) in [7, 11) is -3.53. The van der Waals surface area contributed by atoms with Gasteiger partial charge in [-0.2, -0.15) is 4.31 Å². The van der Waals surface area contributed by atoms with Crippen molar-refractivity contribution < 1.29 is 8.42 Å². The SMILES string of the molecule is Cl.Cl.O=S(=O)(c1cccc2c1cnc1ccccc12)N1CCCNCC1. The largest absolute Gasteiger partial charge is 0.315 e. The number of hydrogen-bond acceptors (Lipinski definition) is 4. The van der Waals surface area contributed by atoms with E-state index >= 15 is 0 Å². The molecule has 3 aromatic rings. The topological polar surface area (TPSA) is 62.3 Å². The molecule has 5 nitrogen and oxygen atoms in total. The average molecular weight is 414 g/mol. The van der Waals surface area contributed by atoms with E-state index in [2.05, 4.69) is 10.3 Å². The molecule has 140 valence electrons. The lowest BCUT2D eigenvalue weighted by molar-refractivity contribution is 0.432. The molecule has 26 heavy (non-hydrogen) atoms. The molecule has 2 aromatic carbocycles. The molecule has 0 spiro atoms. The molecule has 1 aromatic heterocycles. The molecule has 1 aliphatic rings. The van der Waals surface area contributed by atoms with E-state index in [1.54, 1.807) is 16.6 Å². The van der Waals surface area contributed by atoms with Gasteiger partial charge in [0.05, 0.1) is 10.4 Å². The third kappa shape index (κ3) is 3.66. The fourth-order valence-electron chi connectivity index (χ4n) is 3.29. The summed E-state index contributed by atoms with van der Waals surface area (Å²) in [5.74, 6) is 0. The highest BCUT2D eigenvalue weighted by atomic mass is 35.5. The van der Waals surface area contributed by atoms with E-state index in [1.807, 2.05) is 36.4 Å². The van der Waals surface area contributed by atoms with Crippen molar-refractivity contribution in [2.24, 2.45) is 0 Å². The molecule has 8 heteroatoms. The molecule has 0 unspecified atom stereocenters. The van der Waals surface area contributed by atoms with Gasteiger partial charge in [0.15, 0.2) is 0 Å². The predicted molar refractivity (Wildman–Crippen MR) is 110 cm³/mol. The number of sulfonamides is 1. The lowest BCUT2D eigenvalue weighted by Crippen LogP contribution is -2.34. The van der Waals surface area contributed by atoms with Crippen LogP contribution in [0, 0.1) is 0 Å². The predicted octanol–water partition coefficient (Wildman–Crippen LogP) is 3.22. The zero-order chi connectivity index (χ0) is 16.6. The first-order valence-electron chi connectivity index (χ1n) is 8.15. The van der Waals surface area contributed by atoms with Crippen LogP contribution in [0.1, 0.15) is 6.42 Å². The number of fused-ring (bicyclic) bond motifs is 3. The first kappa shape index (κ1) is 20.9. The van der Waals surface area contributed by atoms with E-state index in [0.29, 0.717) is 29.9 Å². The van der Waals surface area contributed by atoms with Crippen molar-refractivity contribution >= 4 is 56.5 Å². The van der Waals surface area contributed by atoms with Crippen LogP contribution in [-0.2, 0) is 10.0 Å². The number of aromatic nitrogens is 1. The van der Waals surface area contributed by atoms with Crippen LogP contribution in [-0.4, -0.2) is 43.9 Å². The minimum absolute atomic E-state index is 0. The Bertz CT molecular complexity index is 1000. The van der Waals surface area contributed by atoms with Gasteiger partial charge in [0, 0.05) is 36.6 Å². The first-order valence-corrected chi connectivity index (χ1v) is 9.59. The molecule has 0 bridgehead atoms. The van der Waals surface area contributed by atoms with Gasteiger partial charge in [-0.3, -0.25) is 4.98 Å². The Balaban J connectivity index is 0.00000121. The highest BCUT2D eigenvalue weighted by Crippen LogP contribution is 2.30. The van der Waals surface area contributed by atoms with Gasteiger partial charge >= 0.3 is 0 Å². The highest BCUT2D eigenvalue weighted by molar-refractivity contribution is 7.89. The minimum atomic E-state index is -3.53. The van der Waals surface area contributed by atoms with E-state index in [9.17, 15) is 8.42 Å². The number of halogens is 2. The Kier molecular flexibility index (Phi) is 6.82. The summed E-state index contributed by atoms with van der Waals surface area (Å²) in [6.07, 6.45) is 2.51. The number of para-hydroxylation sites is 1. The molecule has 1 aliphatic heterocycles. The van der Waals surface area contributed by atoms with Crippen LogP contribution in [0.5, 0.6) is 0 Å². The number of benzene rings is 2. The average Bonchev–Trinajstić information content (AvgIpc) is 2.91. The molecule has 0 atom stereocenters. The van der Waals surface area contributed by atoms with Crippen molar-refractivity contribution in [1.29, 1.82) is 0 Å². The van der Waals surface area contributed by atoms with Gasteiger partial charge in [0.25, 0.3) is 0 Å². The van der Waals surface area contributed by atoms with E-state index in [1.165, 1.54) is 0 Å². The zero-order valence-electron chi connectivity index (χ0n) is 14.1. The van der Waals surface area contributed by atoms with Gasteiger partial charge in [0.2, 0.25) is 10.0 Å². The second-order valence-corrected chi connectivity index (χ2v) is 7.91. The number of nitrogens with zero attached hydrogens (tertiary/aromatic N) is 2. The van der Waals surface area contributed by atoms with Crippen molar-refractivity contribution in [3.63, 3.8) is 0 Å². The lowest BCUT2D eigenvalue weighted by atomic mass is 10.1. The summed E-state index contributed by atoms with van der Waals surface area (Å²) in [5.41, 5.74) is 0.874. The standard InChI is InChI=1S/C18H19N3O2S.2ClH/c22-24(23,21-11-4-9-19-10-12-21)18-8-3-6-14-15-5-1-2-7-17(15)20-13-16(14)18;;/h1-3,5-8,13,19H,4,9-12H2;2*1H. The number of rotatable bonds is 2. The van der Waals surface area contributed by atoms with Gasteiger partial charge < -0.3 is 5.32 Å². The summed E-state index contributed by atoms with van der Waals surface area (Å²) in [4.78, 5) is 4.80. The minimum Gasteiger partial charge on any atom is -0.315 e. The quantitative estimate of drug-likeness (QED) is 0.655. The van der Waals surface area contributed by atoms with E-state index < -0.39 is 10.0 Å². The van der Waals surface area contributed by atoms with Crippen LogP contribution in [0.4, 0.5) is 0 Å². The molecule has 0 aliphatic carbocycles.